The second kappa shape index (κ2) is 3.97. The molecule has 3 heteroatoms. The van der Waals surface area contributed by atoms with Gasteiger partial charge in [-0.25, -0.2) is 0 Å². The van der Waals surface area contributed by atoms with Crippen molar-refractivity contribution < 1.29 is 0 Å². The van der Waals surface area contributed by atoms with Gasteiger partial charge in [-0.15, -0.1) is 11.8 Å². The smallest absolute Gasteiger partial charge is 0.141 e. The summed E-state index contributed by atoms with van der Waals surface area (Å²) in [6, 6.07) is 2.05. The van der Waals surface area contributed by atoms with Crippen LogP contribution in [-0.2, 0) is 0 Å². The Labute approximate surface area is 47.9 Å². The third-order valence-corrected chi connectivity index (χ3v) is 1.43. The zero-order valence-corrected chi connectivity index (χ0v) is 5.25. The molecular formula is C4H8N2S. The van der Waals surface area contributed by atoms with Gasteiger partial charge >= 0.3 is 0 Å². The Balaban J connectivity index is 3.23. The van der Waals surface area contributed by atoms with Crippen molar-refractivity contribution in [2.24, 2.45) is 0 Å². The third-order valence-electron chi connectivity index (χ3n) is 0.615. The fourth-order valence-corrected chi connectivity index (χ4v) is 0.576. The van der Waals surface area contributed by atoms with E-state index in [0.717, 1.165) is 0 Å². The molecule has 1 unspecified atom stereocenters. The van der Waals surface area contributed by atoms with Gasteiger partial charge in [-0.2, -0.15) is 5.26 Å². The Bertz CT molecular complexity index is 72.2. The van der Waals surface area contributed by atoms with E-state index in [-0.39, 0.29) is 5.37 Å². The lowest BCUT2D eigenvalue weighted by Crippen LogP contribution is -2.17. The molecule has 1 atom stereocenters. The van der Waals surface area contributed by atoms with Gasteiger partial charge in [-0.3, -0.25) is 5.32 Å². The van der Waals surface area contributed by atoms with Crippen LogP contribution in [0.25, 0.3) is 0 Å². The number of nitrogens with one attached hydrogen (secondary N) is 1. The Morgan fingerprint density at radius 3 is 2.43 bits per heavy atom. The van der Waals surface area contributed by atoms with Crippen molar-refractivity contribution in [2.75, 3.05) is 13.3 Å². The molecule has 0 aliphatic rings. The van der Waals surface area contributed by atoms with Gasteiger partial charge in [0.15, 0.2) is 0 Å². The molecule has 0 aliphatic carbocycles. The average Bonchev–Trinajstić information content (AvgIpc) is 1.72. The Kier molecular flexibility index (Phi) is 3.86. The van der Waals surface area contributed by atoms with E-state index in [1.807, 2.05) is 6.26 Å². The fraction of sp³-hybridized carbons (Fsp3) is 0.750. The molecule has 7 heavy (non-hydrogen) atoms. The molecule has 0 aromatic carbocycles. The summed E-state index contributed by atoms with van der Waals surface area (Å²) in [6.45, 7) is 0. The average molecular weight is 116 g/mol. The molecule has 0 rings (SSSR count). The second-order valence-corrected chi connectivity index (χ2v) is 1.98. The van der Waals surface area contributed by atoms with Crippen LogP contribution in [0, 0.1) is 11.3 Å². The minimum absolute atomic E-state index is 0.0417. The number of nitrogens with zero attached hydrogens (tertiary/aromatic N) is 1. The van der Waals surface area contributed by atoms with Crippen molar-refractivity contribution in [3.8, 4) is 6.07 Å². The predicted molar refractivity (Wildman–Crippen MR) is 32.0 cm³/mol. The second-order valence-electron chi connectivity index (χ2n) is 1.03. The van der Waals surface area contributed by atoms with Crippen LogP contribution in [0.4, 0.5) is 0 Å². The van der Waals surface area contributed by atoms with Crippen LogP contribution < -0.4 is 5.32 Å². The van der Waals surface area contributed by atoms with E-state index in [4.69, 9.17) is 5.26 Å². The zero-order valence-electron chi connectivity index (χ0n) is 4.43. The predicted octanol–water partition coefficient (Wildman–Crippen LogP) is 0.418. The number of hydrogen-bond donors (Lipinski definition) is 1. The molecule has 0 aromatic rings. The molecule has 2 nitrogen and oxygen atoms in total. The summed E-state index contributed by atoms with van der Waals surface area (Å²) in [5.41, 5.74) is 0. The molecule has 0 amide bonds. The fourth-order valence-electron chi connectivity index (χ4n) is 0.235. The van der Waals surface area contributed by atoms with E-state index in [9.17, 15) is 0 Å². The van der Waals surface area contributed by atoms with Crippen LogP contribution in [-0.4, -0.2) is 18.7 Å². The van der Waals surface area contributed by atoms with Gasteiger partial charge in [0, 0.05) is 0 Å². The SMILES string of the molecule is CNC(C#N)SC. The number of nitriles is 1. The van der Waals surface area contributed by atoms with E-state index in [1.54, 1.807) is 7.05 Å². The maximum Gasteiger partial charge on any atom is 0.141 e. The van der Waals surface area contributed by atoms with Gasteiger partial charge in [-0.05, 0) is 13.3 Å². The Hall–Kier alpha value is -0.200. The highest BCUT2D eigenvalue weighted by Gasteiger charge is 1.95. The van der Waals surface area contributed by atoms with Crippen molar-refractivity contribution in [1.82, 2.24) is 5.32 Å². The van der Waals surface area contributed by atoms with Gasteiger partial charge < -0.3 is 0 Å². The monoisotopic (exact) mass is 116 g/mol. The van der Waals surface area contributed by atoms with E-state index in [0.29, 0.717) is 0 Å². The standard InChI is InChI=1S/C4H8N2S/c1-6-4(3-5)7-2/h4,6H,1-2H3. The van der Waals surface area contributed by atoms with Crippen molar-refractivity contribution in [3.05, 3.63) is 0 Å². The summed E-state index contributed by atoms with van der Waals surface area (Å²) in [7, 11) is 1.77. The summed E-state index contributed by atoms with van der Waals surface area (Å²) in [4.78, 5) is 0. The molecule has 0 radical (unpaired) electrons. The molecule has 0 bridgehead atoms. The normalized spacial score (nSPS) is 12.7. The lowest BCUT2D eigenvalue weighted by atomic mass is 10.7. The van der Waals surface area contributed by atoms with Crippen LogP contribution in [0.2, 0.25) is 0 Å². The largest absolute Gasteiger partial charge is 0.297 e. The van der Waals surface area contributed by atoms with Crippen molar-refractivity contribution in [3.63, 3.8) is 0 Å². The summed E-state index contributed by atoms with van der Waals surface area (Å²) >= 11 is 1.50. The molecule has 0 spiro atoms. The van der Waals surface area contributed by atoms with Gasteiger partial charge in [-0.1, -0.05) is 0 Å². The van der Waals surface area contributed by atoms with Crippen LogP contribution in [0.5, 0.6) is 0 Å². The minimum Gasteiger partial charge on any atom is -0.297 e. The van der Waals surface area contributed by atoms with E-state index < -0.39 is 0 Å². The van der Waals surface area contributed by atoms with Gasteiger partial charge in [0.05, 0.1) is 6.07 Å². The van der Waals surface area contributed by atoms with Gasteiger partial charge in [0.1, 0.15) is 5.37 Å². The lowest BCUT2D eigenvalue weighted by Gasteiger charge is -1.98. The molecule has 0 aromatic heterocycles. The Morgan fingerprint density at radius 2 is 2.43 bits per heavy atom. The molecule has 0 heterocycles. The molecule has 0 saturated carbocycles. The number of hydrogen-bond acceptors (Lipinski definition) is 3. The van der Waals surface area contributed by atoms with Gasteiger partial charge in [0.25, 0.3) is 0 Å². The molecule has 0 saturated heterocycles. The number of rotatable bonds is 2. The molecule has 40 valence electrons. The zero-order chi connectivity index (χ0) is 5.70. The first-order valence-electron chi connectivity index (χ1n) is 1.94. The van der Waals surface area contributed by atoms with Crippen LogP contribution in [0.15, 0.2) is 0 Å². The highest BCUT2D eigenvalue weighted by Crippen LogP contribution is 1.97. The summed E-state index contributed by atoms with van der Waals surface area (Å²) in [6.07, 6.45) is 1.89. The van der Waals surface area contributed by atoms with E-state index in [1.165, 1.54) is 11.8 Å². The first-order valence-corrected chi connectivity index (χ1v) is 3.23. The van der Waals surface area contributed by atoms with Gasteiger partial charge in [0.2, 0.25) is 0 Å². The van der Waals surface area contributed by atoms with Crippen LogP contribution in [0.3, 0.4) is 0 Å². The quantitative estimate of drug-likeness (QED) is 0.531. The lowest BCUT2D eigenvalue weighted by molar-refractivity contribution is 0.878. The molecular weight excluding hydrogens is 108 g/mol. The van der Waals surface area contributed by atoms with Crippen molar-refractivity contribution >= 4 is 11.8 Å². The summed E-state index contributed by atoms with van der Waals surface area (Å²) in [5, 5.41) is 11.0. The maximum atomic E-state index is 8.19. The summed E-state index contributed by atoms with van der Waals surface area (Å²) in [5.74, 6) is 0. The molecule has 1 N–H and O–H groups in total. The third kappa shape index (κ3) is 2.49. The van der Waals surface area contributed by atoms with Crippen LogP contribution >= 0.6 is 11.8 Å². The number of thioether (sulfide) groups is 1. The van der Waals surface area contributed by atoms with E-state index >= 15 is 0 Å². The van der Waals surface area contributed by atoms with Crippen molar-refractivity contribution in [1.29, 1.82) is 5.26 Å². The first-order chi connectivity index (χ1) is 3.35. The topological polar surface area (TPSA) is 35.8 Å². The highest BCUT2D eigenvalue weighted by molar-refractivity contribution is 7.99. The minimum atomic E-state index is -0.0417. The molecule has 0 aliphatic heterocycles. The molecule has 0 fully saturated rings. The van der Waals surface area contributed by atoms with E-state index in [2.05, 4.69) is 11.4 Å². The maximum absolute atomic E-state index is 8.19. The Morgan fingerprint density at radius 1 is 1.86 bits per heavy atom. The highest BCUT2D eigenvalue weighted by atomic mass is 32.2. The van der Waals surface area contributed by atoms with Crippen molar-refractivity contribution in [2.45, 2.75) is 5.37 Å². The first kappa shape index (κ1) is 6.80. The summed E-state index contributed by atoms with van der Waals surface area (Å²) < 4.78 is 0. The van der Waals surface area contributed by atoms with Crippen LogP contribution in [0.1, 0.15) is 0 Å².